The van der Waals surface area contributed by atoms with Crippen molar-refractivity contribution in [2.45, 2.75) is 25.7 Å². The Labute approximate surface area is 142 Å². The lowest BCUT2D eigenvalue weighted by atomic mass is 9.88. The van der Waals surface area contributed by atoms with Gasteiger partial charge in [0.15, 0.2) is 0 Å². The number of aromatic nitrogens is 2. The highest BCUT2D eigenvalue weighted by Gasteiger charge is 2.20. The SMILES string of the molecule is Cl.c1ccc2c(OCCC3CCc4[nH]cnc4C3)cccc2c1. The molecule has 3 aromatic rings. The summed E-state index contributed by atoms with van der Waals surface area (Å²) in [6.45, 7) is 0.776. The molecular weight excluding hydrogens is 308 g/mol. The monoisotopic (exact) mass is 328 g/mol. The molecule has 0 amide bonds. The van der Waals surface area contributed by atoms with Crippen LogP contribution < -0.4 is 4.74 Å². The third kappa shape index (κ3) is 3.35. The third-order valence-corrected chi connectivity index (χ3v) is 4.63. The van der Waals surface area contributed by atoms with Crippen molar-refractivity contribution in [1.82, 2.24) is 9.97 Å². The van der Waals surface area contributed by atoms with E-state index in [2.05, 4.69) is 52.4 Å². The van der Waals surface area contributed by atoms with Gasteiger partial charge in [0.25, 0.3) is 0 Å². The van der Waals surface area contributed by atoms with Crippen molar-refractivity contribution in [3.63, 3.8) is 0 Å². The highest BCUT2D eigenvalue weighted by Crippen LogP contribution is 2.28. The predicted octanol–water partition coefficient (Wildman–Crippen LogP) is 4.56. The number of aromatic amines is 1. The van der Waals surface area contributed by atoms with Crippen LogP contribution in [0.3, 0.4) is 0 Å². The van der Waals surface area contributed by atoms with Crippen molar-refractivity contribution in [2.24, 2.45) is 5.92 Å². The van der Waals surface area contributed by atoms with Gasteiger partial charge in [-0.3, -0.25) is 0 Å². The van der Waals surface area contributed by atoms with E-state index < -0.39 is 0 Å². The minimum atomic E-state index is 0. The van der Waals surface area contributed by atoms with Gasteiger partial charge in [-0.1, -0.05) is 36.4 Å². The Bertz CT molecular complexity index is 778. The van der Waals surface area contributed by atoms with Gasteiger partial charge in [0.2, 0.25) is 0 Å². The summed E-state index contributed by atoms with van der Waals surface area (Å²) in [6.07, 6.45) is 6.34. The average molecular weight is 329 g/mol. The first kappa shape index (κ1) is 15.9. The van der Waals surface area contributed by atoms with Crippen molar-refractivity contribution in [3.8, 4) is 5.75 Å². The van der Waals surface area contributed by atoms with E-state index in [9.17, 15) is 0 Å². The second-order valence-electron chi connectivity index (χ2n) is 6.05. The van der Waals surface area contributed by atoms with Crippen molar-refractivity contribution in [1.29, 1.82) is 0 Å². The number of aryl methyl sites for hydroxylation is 1. The maximum atomic E-state index is 6.06. The van der Waals surface area contributed by atoms with Gasteiger partial charge >= 0.3 is 0 Å². The minimum Gasteiger partial charge on any atom is -0.493 e. The fraction of sp³-hybridized carbons (Fsp3) is 0.316. The molecule has 0 bridgehead atoms. The van der Waals surface area contributed by atoms with Gasteiger partial charge in [0, 0.05) is 11.1 Å². The van der Waals surface area contributed by atoms with Gasteiger partial charge in [-0.25, -0.2) is 4.98 Å². The molecule has 1 aliphatic rings. The Kier molecular flexibility index (Phi) is 4.87. The van der Waals surface area contributed by atoms with E-state index in [1.54, 1.807) is 0 Å². The fourth-order valence-corrected chi connectivity index (χ4v) is 3.37. The standard InChI is InChI=1S/C19H20N2O.ClH/c1-2-6-16-15(4-1)5-3-7-19(16)22-11-10-14-8-9-17-18(12-14)21-13-20-17;/h1-7,13-14H,8-12H2,(H,20,21);1H. The summed E-state index contributed by atoms with van der Waals surface area (Å²) in [6, 6.07) is 14.6. The van der Waals surface area contributed by atoms with Crippen LogP contribution in [0.1, 0.15) is 24.2 Å². The molecule has 3 nitrogen and oxygen atoms in total. The zero-order valence-electron chi connectivity index (χ0n) is 13.0. The van der Waals surface area contributed by atoms with E-state index in [1.807, 2.05) is 6.33 Å². The van der Waals surface area contributed by atoms with Crippen molar-refractivity contribution in [2.75, 3.05) is 6.61 Å². The first-order valence-corrected chi connectivity index (χ1v) is 8.02. The lowest BCUT2D eigenvalue weighted by Gasteiger charge is -2.21. The van der Waals surface area contributed by atoms with Crippen LogP contribution in [0.15, 0.2) is 48.8 Å². The van der Waals surface area contributed by atoms with E-state index in [0.717, 1.165) is 31.6 Å². The Balaban J connectivity index is 0.00000156. The number of ether oxygens (including phenoxy) is 1. The van der Waals surface area contributed by atoms with Crippen LogP contribution >= 0.6 is 12.4 Å². The van der Waals surface area contributed by atoms with E-state index in [0.29, 0.717) is 5.92 Å². The normalized spacial score (nSPS) is 16.6. The molecule has 0 fully saturated rings. The van der Waals surface area contributed by atoms with Gasteiger partial charge < -0.3 is 9.72 Å². The molecule has 1 N–H and O–H groups in total. The Morgan fingerprint density at radius 1 is 1.13 bits per heavy atom. The Hall–Kier alpha value is -2.00. The number of nitrogens with one attached hydrogen (secondary N) is 1. The number of H-pyrrole nitrogens is 1. The van der Waals surface area contributed by atoms with Gasteiger partial charge in [-0.05, 0) is 43.1 Å². The molecule has 120 valence electrons. The maximum Gasteiger partial charge on any atom is 0.127 e. The van der Waals surface area contributed by atoms with Crippen molar-refractivity contribution in [3.05, 3.63) is 60.2 Å². The highest BCUT2D eigenvalue weighted by molar-refractivity contribution is 5.88. The van der Waals surface area contributed by atoms with Crippen LogP contribution in [0.4, 0.5) is 0 Å². The summed E-state index contributed by atoms with van der Waals surface area (Å²) in [4.78, 5) is 7.66. The van der Waals surface area contributed by atoms with Crippen LogP contribution in [0, 0.1) is 5.92 Å². The third-order valence-electron chi connectivity index (χ3n) is 4.63. The fourth-order valence-electron chi connectivity index (χ4n) is 3.37. The van der Waals surface area contributed by atoms with E-state index >= 15 is 0 Å². The summed E-state index contributed by atoms with van der Waals surface area (Å²) >= 11 is 0. The molecule has 4 rings (SSSR count). The van der Waals surface area contributed by atoms with Crippen LogP contribution in [0.25, 0.3) is 10.8 Å². The lowest BCUT2D eigenvalue weighted by molar-refractivity contribution is 0.269. The van der Waals surface area contributed by atoms with Gasteiger partial charge in [-0.15, -0.1) is 12.4 Å². The first-order chi connectivity index (χ1) is 10.9. The van der Waals surface area contributed by atoms with Crippen LogP contribution in [-0.4, -0.2) is 16.6 Å². The summed E-state index contributed by atoms with van der Waals surface area (Å²) < 4.78 is 6.06. The molecule has 1 unspecified atom stereocenters. The zero-order valence-corrected chi connectivity index (χ0v) is 13.8. The topological polar surface area (TPSA) is 37.9 Å². The molecule has 1 aromatic heterocycles. The quantitative estimate of drug-likeness (QED) is 0.762. The molecule has 23 heavy (non-hydrogen) atoms. The summed E-state index contributed by atoms with van der Waals surface area (Å²) in [5, 5.41) is 2.43. The molecule has 0 spiro atoms. The minimum absolute atomic E-state index is 0. The molecule has 0 saturated carbocycles. The molecular formula is C19H21ClN2O. The summed E-state index contributed by atoms with van der Waals surface area (Å²) in [5.41, 5.74) is 2.58. The van der Waals surface area contributed by atoms with E-state index in [1.165, 1.54) is 28.6 Å². The highest BCUT2D eigenvalue weighted by atomic mass is 35.5. The summed E-state index contributed by atoms with van der Waals surface area (Å²) in [7, 11) is 0. The maximum absolute atomic E-state index is 6.06. The largest absolute Gasteiger partial charge is 0.493 e. The summed E-state index contributed by atoms with van der Waals surface area (Å²) in [5.74, 6) is 1.68. The number of imidazole rings is 1. The van der Waals surface area contributed by atoms with Gasteiger partial charge in [0.05, 0.1) is 18.6 Å². The Morgan fingerprint density at radius 2 is 2.00 bits per heavy atom. The van der Waals surface area contributed by atoms with Gasteiger partial charge in [0.1, 0.15) is 5.75 Å². The number of benzene rings is 2. The molecule has 1 heterocycles. The molecule has 0 saturated heterocycles. The molecule has 0 aliphatic heterocycles. The van der Waals surface area contributed by atoms with E-state index in [4.69, 9.17) is 4.74 Å². The lowest BCUT2D eigenvalue weighted by Crippen LogP contribution is -2.16. The second-order valence-corrected chi connectivity index (χ2v) is 6.05. The number of hydrogen-bond donors (Lipinski definition) is 1. The van der Waals surface area contributed by atoms with Crippen LogP contribution in [0.5, 0.6) is 5.75 Å². The smallest absolute Gasteiger partial charge is 0.127 e. The van der Waals surface area contributed by atoms with Crippen molar-refractivity contribution >= 4 is 23.2 Å². The Morgan fingerprint density at radius 3 is 2.96 bits per heavy atom. The molecule has 1 aliphatic carbocycles. The predicted molar refractivity (Wildman–Crippen MR) is 95.4 cm³/mol. The van der Waals surface area contributed by atoms with Gasteiger partial charge in [-0.2, -0.15) is 0 Å². The number of halogens is 1. The molecule has 0 radical (unpaired) electrons. The van der Waals surface area contributed by atoms with Crippen LogP contribution in [0.2, 0.25) is 0 Å². The zero-order chi connectivity index (χ0) is 14.8. The number of nitrogens with zero attached hydrogens (tertiary/aromatic N) is 1. The average Bonchev–Trinajstić information content (AvgIpc) is 3.03. The molecule has 4 heteroatoms. The number of fused-ring (bicyclic) bond motifs is 2. The molecule has 2 aromatic carbocycles. The van der Waals surface area contributed by atoms with Crippen LogP contribution in [-0.2, 0) is 12.8 Å². The number of rotatable bonds is 4. The van der Waals surface area contributed by atoms with Crippen molar-refractivity contribution < 1.29 is 4.74 Å². The van der Waals surface area contributed by atoms with E-state index in [-0.39, 0.29) is 12.4 Å². The molecule has 1 atom stereocenters. The second kappa shape index (κ2) is 7.05. The number of hydrogen-bond acceptors (Lipinski definition) is 2. The first-order valence-electron chi connectivity index (χ1n) is 8.02.